The number of unbranched alkanes of at least 4 members (excludes halogenated alkanes) is 2. The summed E-state index contributed by atoms with van der Waals surface area (Å²) in [6, 6.07) is 2.14. The largest absolute Gasteiger partial charge is 0.378 e. The lowest BCUT2D eigenvalue weighted by Gasteiger charge is -2.31. The Morgan fingerprint density at radius 2 is 2.23 bits per heavy atom. The molecule has 0 aromatic heterocycles. The van der Waals surface area contributed by atoms with E-state index in [0.717, 1.165) is 38.8 Å². The highest BCUT2D eigenvalue weighted by atomic mass is 16.3. The van der Waals surface area contributed by atoms with E-state index >= 15 is 0 Å². The fraction of sp³-hybridized carbons (Fsp3) is 0.900. The van der Waals surface area contributed by atoms with Crippen LogP contribution in [0.1, 0.15) is 38.5 Å². The maximum atomic E-state index is 9.59. The quantitative estimate of drug-likeness (QED) is 0.670. The van der Waals surface area contributed by atoms with Gasteiger partial charge in [0.1, 0.15) is 6.23 Å². The predicted molar refractivity (Wildman–Crippen MR) is 50.9 cm³/mol. The number of aliphatic hydroxyl groups is 1. The third kappa shape index (κ3) is 3.75. The van der Waals surface area contributed by atoms with Gasteiger partial charge in [-0.25, -0.2) is 0 Å². The van der Waals surface area contributed by atoms with Gasteiger partial charge in [0.15, 0.2) is 0 Å². The third-order valence-electron chi connectivity index (χ3n) is 2.56. The number of hydrogen-bond acceptors (Lipinski definition) is 3. The summed E-state index contributed by atoms with van der Waals surface area (Å²) in [5.74, 6) is 0. The number of aliphatic hydroxyl groups excluding tert-OH is 1. The first kappa shape index (κ1) is 10.5. The highest BCUT2D eigenvalue weighted by Crippen LogP contribution is 2.15. The van der Waals surface area contributed by atoms with Crippen LogP contribution in [0.2, 0.25) is 0 Å². The lowest BCUT2D eigenvalue weighted by atomic mass is 10.1. The van der Waals surface area contributed by atoms with Crippen molar-refractivity contribution in [3.8, 4) is 6.07 Å². The first-order valence-electron chi connectivity index (χ1n) is 5.13. The number of hydrogen-bond donors (Lipinski definition) is 1. The molecule has 1 aliphatic rings. The van der Waals surface area contributed by atoms with E-state index in [4.69, 9.17) is 5.26 Å². The van der Waals surface area contributed by atoms with Crippen molar-refractivity contribution in [2.24, 2.45) is 0 Å². The van der Waals surface area contributed by atoms with Crippen LogP contribution in [0.4, 0.5) is 0 Å². The summed E-state index contributed by atoms with van der Waals surface area (Å²) >= 11 is 0. The zero-order valence-corrected chi connectivity index (χ0v) is 8.08. The van der Waals surface area contributed by atoms with Gasteiger partial charge in [-0.2, -0.15) is 5.26 Å². The smallest absolute Gasteiger partial charge is 0.107 e. The fourth-order valence-electron chi connectivity index (χ4n) is 1.75. The van der Waals surface area contributed by atoms with Crippen molar-refractivity contribution in [2.75, 3.05) is 13.1 Å². The van der Waals surface area contributed by atoms with Crippen molar-refractivity contribution in [2.45, 2.75) is 44.8 Å². The zero-order chi connectivity index (χ0) is 9.52. The van der Waals surface area contributed by atoms with Crippen LogP contribution in [-0.4, -0.2) is 29.3 Å². The second-order valence-electron chi connectivity index (χ2n) is 3.63. The van der Waals surface area contributed by atoms with Gasteiger partial charge in [-0.1, -0.05) is 0 Å². The topological polar surface area (TPSA) is 47.3 Å². The van der Waals surface area contributed by atoms with Crippen LogP contribution in [0.3, 0.4) is 0 Å². The average Bonchev–Trinajstić information content (AvgIpc) is 2.15. The Morgan fingerprint density at radius 3 is 2.92 bits per heavy atom. The van der Waals surface area contributed by atoms with Crippen LogP contribution in [0, 0.1) is 11.3 Å². The molecule has 3 nitrogen and oxygen atoms in total. The molecule has 1 fully saturated rings. The standard InChI is InChI=1S/C10H18N2O/c11-7-3-1-4-8-12-9-5-2-6-10(12)13/h10,13H,1-6,8-9H2/t10-/m1/s1. The summed E-state index contributed by atoms with van der Waals surface area (Å²) in [5, 5.41) is 17.9. The molecule has 13 heavy (non-hydrogen) atoms. The molecule has 1 aliphatic heterocycles. The van der Waals surface area contributed by atoms with E-state index in [1.807, 2.05) is 0 Å². The molecule has 0 radical (unpaired) electrons. The SMILES string of the molecule is N#CCCCCN1CCCC[C@H]1O. The van der Waals surface area contributed by atoms with Crippen molar-refractivity contribution < 1.29 is 5.11 Å². The number of nitrogens with zero attached hydrogens (tertiary/aromatic N) is 2. The van der Waals surface area contributed by atoms with E-state index in [9.17, 15) is 5.11 Å². The highest BCUT2D eigenvalue weighted by Gasteiger charge is 2.18. The molecule has 3 heteroatoms. The molecule has 0 aromatic carbocycles. The van der Waals surface area contributed by atoms with Crippen molar-refractivity contribution in [1.82, 2.24) is 4.90 Å². The number of likely N-dealkylation sites (tertiary alicyclic amines) is 1. The Labute approximate surface area is 80.0 Å². The molecule has 1 rings (SSSR count). The predicted octanol–water partition coefficient (Wildman–Crippen LogP) is 1.48. The maximum Gasteiger partial charge on any atom is 0.107 e. The van der Waals surface area contributed by atoms with E-state index in [1.54, 1.807) is 0 Å². The van der Waals surface area contributed by atoms with Crippen LogP contribution in [0.5, 0.6) is 0 Å². The Bertz CT molecular complexity index is 176. The summed E-state index contributed by atoms with van der Waals surface area (Å²) in [6.45, 7) is 1.97. The molecule has 0 aromatic rings. The van der Waals surface area contributed by atoms with E-state index in [2.05, 4.69) is 11.0 Å². The Balaban J connectivity index is 2.09. The summed E-state index contributed by atoms with van der Waals surface area (Å²) in [7, 11) is 0. The lowest BCUT2D eigenvalue weighted by molar-refractivity contribution is -0.0241. The van der Waals surface area contributed by atoms with Crippen LogP contribution < -0.4 is 0 Å². The van der Waals surface area contributed by atoms with E-state index in [1.165, 1.54) is 6.42 Å². The second kappa shape index (κ2) is 5.95. The summed E-state index contributed by atoms with van der Waals surface area (Å²) in [6.07, 6.45) is 5.67. The van der Waals surface area contributed by atoms with Gasteiger partial charge in [0, 0.05) is 19.5 Å². The number of piperidine rings is 1. The van der Waals surface area contributed by atoms with Crippen LogP contribution in [0.25, 0.3) is 0 Å². The van der Waals surface area contributed by atoms with Crippen LogP contribution >= 0.6 is 0 Å². The molecule has 74 valence electrons. The van der Waals surface area contributed by atoms with Gasteiger partial charge in [0.2, 0.25) is 0 Å². The van der Waals surface area contributed by atoms with Gasteiger partial charge in [-0.15, -0.1) is 0 Å². The molecule has 0 saturated carbocycles. The first-order valence-corrected chi connectivity index (χ1v) is 5.13. The van der Waals surface area contributed by atoms with E-state index in [-0.39, 0.29) is 6.23 Å². The molecule has 1 N–H and O–H groups in total. The fourth-order valence-corrected chi connectivity index (χ4v) is 1.75. The minimum Gasteiger partial charge on any atom is -0.378 e. The summed E-state index contributed by atoms with van der Waals surface area (Å²) < 4.78 is 0. The lowest BCUT2D eigenvalue weighted by Crippen LogP contribution is -2.39. The molecule has 0 amide bonds. The van der Waals surface area contributed by atoms with Gasteiger partial charge in [0.25, 0.3) is 0 Å². The van der Waals surface area contributed by atoms with Gasteiger partial charge in [-0.05, 0) is 32.1 Å². The summed E-state index contributed by atoms with van der Waals surface area (Å²) in [4.78, 5) is 2.13. The zero-order valence-electron chi connectivity index (χ0n) is 8.08. The molecule has 1 saturated heterocycles. The molecule has 1 atom stereocenters. The van der Waals surface area contributed by atoms with Crippen molar-refractivity contribution in [3.63, 3.8) is 0 Å². The monoisotopic (exact) mass is 182 g/mol. The Hall–Kier alpha value is -0.590. The van der Waals surface area contributed by atoms with Gasteiger partial charge in [0.05, 0.1) is 6.07 Å². The van der Waals surface area contributed by atoms with Crippen LogP contribution in [0.15, 0.2) is 0 Å². The van der Waals surface area contributed by atoms with Gasteiger partial charge >= 0.3 is 0 Å². The molecule has 0 aliphatic carbocycles. The molecular formula is C10H18N2O. The minimum absolute atomic E-state index is 0.226. The molecule has 0 spiro atoms. The normalized spacial score (nSPS) is 24.2. The van der Waals surface area contributed by atoms with E-state index < -0.39 is 0 Å². The highest BCUT2D eigenvalue weighted by molar-refractivity contribution is 4.71. The Morgan fingerprint density at radius 1 is 1.38 bits per heavy atom. The number of rotatable bonds is 4. The van der Waals surface area contributed by atoms with Crippen molar-refractivity contribution >= 4 is 0 Å². The third-order valence-corrected chi connectivity index (χ3v) is 2.56. The number of nitriles is 1. The van der Waals surface area contributed by atoms with Crippen LogP contribution in [-0.2, 0) is 0 Å². The summed E-state index contributed by atoms with van der Waals surface area (Å²) in [5.41, 5.74) is 0. The minimum atomic E-state index is -0.226. The van der Waals surface area contributed by atoms with Gasteiger partial charge in [-0.3, -0.25) is 4.90 Å². The van der Waals surface area contributed by atoms with Gasteiger partial charge < -0.3 is 5.11 Å². The molecule has 0 unspecified atom stereocenters. The molecular weight excluding hydrogens is 164 g/mol. The average molecular weight is 182 g/mol. The molecule has 1 heterocycles. The Kier molecular flexibility index (Phi) is 4.81. The second-order valence-corrected chi connectivity index (χ2v) is 3.63. The van der Waals surface area contributed by atoms with E-state index in [0.29, 0.717) is 6.42 Å². The first-order chi connectivity index (χ1) is 6.34. The molecule has 0 bridgehead atoms. The van der Waals surface area contributed by atoms with Crippen molar-refractivity contribution in [3.05, 3.63) is 0 Å². The maximum absolute atomic E-state index is 9.59. The van der Waals surface area contributed by atoms with Crippen molar-refractivity contribution in [1.29, 1.82) is 5.26 Å².